The van der Waals surface area contributed by atoms with Crippen LogP contribution in [0.3, 0.4) is 0 Å². The molecule has 0 aliphatic rings. The summed E-state index contributed by atoms with van der Waals surface area (Å²) in [6.45, 7) is 0. The van der Waals surface area contributed by atoms with Gasteiger partial charge in [-0.1, -0.05) is 47.8 Å². The molecule has 0 saturated carbocycles. The molecule has 0 aromatic carbocycles. The van der Waals surface area contributed by atoms with Crippen LogP contribution in [-0.4, -0.2) is 34.3 Å². The van der Waals surface area contributed by atoms with Crippen molar-refractivity contribution in [2.75, 3.05) is 6.26 Å². The number of nitrogens with zero attached hydrogens (tertiary/aromatic N) is 4. The van der Waals surface area contributed by atoms with E-state index in [1.165, 1.54) is 0 Å². The van der Waals surface area contributed by atoms with Gasteiger partial charge in [0.1, 0.15) is 0 Å². The maximum absolute atomic E-state index is 11.1. The third kappa shape index (κ3) is 2.70. The first-order valence-electron chi connectivity index (χ1n) is 2.79. The van der Waals surface area contributed by atoms with Gasteiger partial charge in [0.2, 0.25) is 5.82 Å². The lowest BCUT2D eigenvalue weighted by atomic mass is 10.8. The van der Waals surface area contributed by atoms with E-state index in [1.54, 1.807) is 0 Å². The van der Waals surface area contributed by atoms with Gasteiger partial charge in [-0.25, -0.2) is 8.42 Å². The fraction of sp³-hybridized carbons (Fsp3) is 0.667. The molecule has 6 nitrogen and oxygen atoms in total. The van der Waals surface area contributed by atoms with Gasteiger partial charge in [0, 0.05) is 0 Å². The Kier molecular flexibility index (Phi) is 3.15. The van der Waals surface area contributed by atoms with Crippen LogP contribution < -0.4 is 0 Å². The van der Waals surface area contributed by atoms with Crippen LogP contribution >= 0.6 is 47.8 Å². The maximum Gasteiger partial charge on any atom is 0.254 e. The Labute approximate surface area is 99.5 Å². The van der Waals surface area contributed by atoms with Crippen molar-refractivity contribution in [2.24, 2.45) is 0 Å². The van der Waals surface area contributed by atoms with E-state index < -0.39 is 12.2 Å². The topological polar surface area (TPSA) is 77.7 Å². The molecule has 0 fully saturated rings. The standard InChI is InChI=1S/C3H3Br3N4O2S/c1-13(11,12)10-2(3(4,5)6)7-8-9-10/h1H3. The first kappa shape index (κ1) is 11.5. The van der Waals surface area contributed by atoms with Crippen molar-refractivity contribution in [1.29, 1.82) is 0 Å². The Bertz CT molecular complexity index is 407. The first-order valence-corrected chi connectivity index (χ1v) is 7.02. The SMILES string of the molecule is CS(=O)(=O)n1nnnc1C(Br)(Br)Br. The molecule has 1 aromatic rings. The number of hydrogen-bond donors (Lipinski definition) is 0. The molecule has 0 atom stereocenters. The van der Waals surface area contributed by atoms with Crippen molar-refractivity contribution in [3.63, 3.8) is 0 Å². The average molecular weight is 399 g/mol. The molecular formula is C3H3Br3N4O2S. The maximum atomic E-state index is 11.1. The Morgan fingerprint density at radius 1 is 1.38 bits per heavy atom. The summed E-state index contributed by atoms with van der Waals surface area (Å²) in [5.74, 6) is 0.0926. The third-order valence-corrected chi connectivity index (χ3v) is 2.95. The second kappa shape index (κ2) is 3.55. The molecule has 0 amide bonds. The molecular weight excluding hydrogens is 396 g/mol. The molecule has 0 N–H and O–H groups in total. The van der Waals surface area contributed by atoms with E-state index in [2.05, 4.69) is 63.3 Å². The second-order valence-corrected chi connectivity index (χ2v) is 10.7. The van der Waals surface area contributed by atoms with Crippen LogP contribution in [0, 0.1) is 0 Å². The molecule has 10 heteroatoms. The van der Waals surface area contributed by atoms with Gasteiger partial charge < -0.3 is 0 Å². The largest absolute Gasteiger partial charge is 0.254 e. The number of alkyl halides is 3. The van der Waals surface area contributed by atoms with Crippen LogP contribution in [0.25, 0.3) is 0 Å². The molecule has 0 spiro atoms. The molecule has 0 aliphatic heterocycles. The van der Waals surface area contributed by atoms with Crippen LogP contribution in [0.15, 0.2) is 0 Å². The smallest absolute Gasteiger partial charge is 0.205 e. The minimum absolute atomic E-state index is 0.0926. The highest BCUT2D eigenvalue weighted by Gasteiger charge is 2.31. The highest BCUT2D eigenvalue weighted by Crippen LogP contribution is 2.42. The van der Waals surface area contributed by atoms with E-state index in [9.17, 15) is 8.42 Å². The quantitative estimate of drug-likeness (QED) is 0.653. The molecule has 0 saturated heterocycles. The Morgan fingerprint density at radius 3 is 2.23 bits per heavy atom. The number of hydrogen-bond acceptors (Lipinski definition) is 5. The van der Waals surface area contributed by atoms with Crippen LogP contribution in [-0.2, 0) is 12.2 Å². The van der Waals surface area contributed by atoms with Gasteiger partial charge in [0.05, 0.1) is 6.26 Å². The van der Waals surface area contributed by atoms with Gasteiger partial charge in [-0.3, -0.25) is 0 Å². The van der Waals surface area contributed by atoms with E-state index in [0.717, 1.165) is 6.26 Å². The third-order valence-electron chi connectivity index (χ3n) is 1.01. The zero-order chi connectivity index (χ0) is 10.3. The summed E-state index contributed by atoms with van der Waals surface area (Å²) < 4.78 is 22.0. The molecule has 0 bridgehead atoms. The van der Waals surface area contributed by atoms with E-state index >= 15 is 0 Å². The average Bonchev–Trinajstić information content (AvgIpc) is 2.27. The monoisotopic (exact) mass is 396 g/mol. The minimum Gasteiger partial charge on any atom is -0.205 e. The first-order chi connectivity index (χ1) is 5.73. The van der Waals surface area contributed by atoms with Crippen molar-refractivity contribution < 1.29 is 8.42 Å². The summed E-state index contributed by atoms with van der Waals surface area (Å²) in [7, 11) is -3.48. The lowest BCUT2D eigenvalue weighted by Gasteiger charge is -2.09. The molecule has 0 radical (unpaired) electrons. The number of rotatable bonds is 1. The predicted octanol–water partition coefficient (Wildman–Crippen LogP) is 0.776. The van der Waals surface area contributed by atoms with Crippen molar-refractivity contribution in [3.05, 3.63) is 5.82 Å². The fourth-order valence-electron chi connectivity index (χ4n) is 0.568. The lowest BCUT2D eigenvalue weighted by molar-refractivity contribution is 0.581. The normalized spacial score (nSPS) is 13.2. The van der Waals surface area contributed by atoms with Gasteiger partial charge >= 0.3 is 0 Å². The molecule has 0 unspecified atom stereocenters. The summed E-state index contributed by atoms with van der Waals surface area (Å²) >= 11 is 9.34. The molecule has 13 heavy (non-hydrogen) atoms. The van der Waals surface area contributed by atoms with Crippen molar-refractivity contribution in [1.82, 2.24) is 19.6 Å². The van der Waals surface area contributed by atoms with Crippen molar-refractivity contribution >= 4 is 57.8 Å². The lowest BCUT2D eigenvalue weighted by Crippen LogP contribution is -2.19. The van der Waals surface area contributed by atoms with Crippen LogP contribution in [0.2, 0.25) is 0 Å². The van der Waals surface area contributed by atoms with E-state index in [1.807, 2.05) is 0 Å². The summed E-state index contributed by atoms with van der Waals surface area (Å²) in [5, 5.41) is 10.1. The summed E-state index contributed by atoms with van der Waals surface area (Å²) in [4.78, 5) is 0. The Balaban J connectivity index is 3.35. The summed E-state index contributed by atoms with van der Waals surface area (Å²) in [5.41, 5.74) is 0. The van der Waals surface area contributed by atoms with Gasteiger partial charge in [-0.15, -0.1) is 9.19 Å². The van der Waals surface area contributed by atoms with Gasteiger partial charge in [-0.05, 0) is 10.4 Å². The highest BCUT2D eigenvalue weighted by atomic mass is 80.0. The molecule has 0 aliphatic carbocycles. The zero-order valence-electron chi connectivity index (χ0n) is 6.15. The predicted molar refractivity (Wildman–Crippen MR) is 56.5 cm³/mol. The number of tetrazole rings is 1. The van der Waals surface area contributed by atoms with Crippen molar-refractivity contribution in [2.45, 2.75) is 2.14 Å². The minimum atomic E-state index is -3.48. The highest BCUT2D eigenvalue weighted by molar-refractivity contribution is 9.38. The van der Waals surface area contributed by atoms with E-state index in [4.69, 9.17) is 0 Å². The van der Waals surface area contributed by atoms with Crippen LogP contribution in [0.1, 0.15) is 5.82 Å². The van der Waals surface area contributed by atoms with Crippen LogP contribution in [0.4, 0.5) is 0 Å². The van der Waals surface area contributed by atoms with Gasteiger partial charge in [0.25, 0.3) is 10.0 Å². The van der Waals surface area contributed by atoms with Crippen molar-refractivity contribution in [3.8, 4) is 0 Å². The number of aromatic nitrogens is 4. The molecule has 1 rings (SSSR count). The summed E-state index contributed by atoms with van der Waals surface area (Å²) in [6, 6.07) is 0. The van der Waals surface area contributed by atoms with E-state index in [0.29, 0.717) is 4.09 Å². The van der Waals surface area contributed by atoms with E-state index in [-0.39, 0.29) is 5.82 Å². The summed E-state index contributed by atoms with van der Waals surface area (Å²) in [6.07, 6.45) is 1.01. The second-order valence-electron chi connectivity index (χ2n) is 2.11. The van der Waals surface area contributed by atoms with Crippen LogP contribution in [0.5, 0.6) is 0 Å². The Morgan fingerprint density at radius 2 is 1.92 bits per heavy atom. The molecule has 1 aromatic heterocycles. The fourth-order valence-corrected chi connectivity index (χ4v) is 2.31. The Hall–Kier alpha value is 0.460. The number of halogens is 3. The molecule has 74 valence electrons. The zero-order valence-corrected chi connectivity index (χ0v) is 11.7. The molecule has 1 heterocycles. The van der Waals surface area contributed by atoms with Gasteiger partial charge in [-0.2, -0.15) is 0 Å². The van der Waals surface area contributed by atoms with Gasteiger partial charge in [0.15, 0.2) is 2.14 Å².